The smallest absolute Gasteiger partial charge is 0.237 e. The summed E-state index contributed by atoms with van der Waals surface area (Å²) < 4.78 is 1.10. The van der Waals surface area contributed by atoms with Gasteiger partial charge in [-0.3, -0.25) is 4.79 Å². The van der Waals surface area contributed by atoms with E-state index in [1.807, 2.05) is 11.4 Å². The Morgan fingerprint density at radius 2 is 2.50 bits per heavy atom. The van der Waals surface area contributed by atoms with Crippen LogP contribution in [0.15, 0.2) is 15.2 Å². The Morgan fingerprint density at radius 3 is 3.06 bits per heavy atom. The Kier molecular flexibility index (Phi) is 5.75. The van der Waals surface area contributed by atoms with E-state index in [9.17, 15) is 4.79 Å². The zero-order valence-corrected chi connectivity index (χ0v) is 11.9. The van der Waals surface area contributed by atoms with Crippen molar-refractivity contribution in [1.29, 1.82) is 0 Å². The summed E-state index contributed by atoms with van der Waals surface area (Å²) in [6.07, 6.45) is 2.06. The van der Waals surface area contributed by atoms with Gasteiger partial charge in [0.25, 0.3) is 0 Å². The lowest BCUT2D eigenvalue weighted by Gasteiger charge is -2.09. The third-order valence-electron chi connectivity index (χ3n) is 2.47. The molecule has 1 aromatic heterocycles. The standard InChI is InChI=1S/C10H13BrN2OS.ClH/c11-9-4-7(6-15-9)5-13-10(14)8-2-1-3-12-8;/h4,6,8,12H,1-3,5H2,(H,13,14);1H/t8-;/m0./s1. The summed E-state index contributed by atoms with van der Waals surface area (Å²) in [6, 6.07) is 2.06. The van der Waals surface area contributed by atoms with E-state index < -0.39 is 0 Å². The van der Waals surface area contributed by atoms with E-state index in [0.29, 0.717) is 6.54 Å². The quantitative estimate of drug-likeness (QED) is 0.895. The lowest BCUT2D eigenvalue weighted by atomic mass is 10.2. The summed E-state index contributed by atoms with van der Waals surface area (Å²) in [6.45, 7) is 1.58. The molecule has 3 nitrogen and oxygen atoms in total. The van der Waals surface area contributed by atoms with Crippen LogP contribution in [0.25, 0.3) is 0 Å². The minimum absolute atomic E-state index is 0. The van der Waals surface area contributed by atoms with Crippen molar-refractivity contribution in [2.24, 2.45) is 0 Å². The van der Waals surface area contributed by atoms with E-state index in [1.165, 1.54) is 0 Å². The lowest BCUT2D eigenvalue weighted by Crippen LogP contribution is -2.39. The molecule has 0 radical (unpaired) electrons. The van der Waals surface area contributed by atoms with Crippen LogP contribution in [-0.4, -0.2) is 18.5 Å². The van der Waals surface area contributed by atoms with Gasteiger partial charge >= 0.3 is 0 Å². The van der Waals surface area contributed by atoms with Crippen molar-refractivity contribution in [3.8, 4) is 0 Å². The number of halogens is 2. The van der Waals surface area contributed by atoms with Gasteiger partial charge in [-0.15, -0.1) is 23.7 Å². The van der Waals surface area contributed by atoms with Crippen molar-refractivity contribution in [2.75, 3.05) is 6.54 Å². The predicted octanol–water partition coefficient (Wildman–Crippen LogP) is 2.30. The zero-order valence-electron chi connectivity index (χ0n) is 8.66. The largest absolute Gasteiger partial charge is 0.351 e. The van der Waals surface area contributed by atoms with Crippen LogP contribution in [0, 0.1) is 0 Å². The molecular formula is C10H14BrClN2OS. The molecule has 2 rings (SSSR count). The molecule has 2 N–H and O–H groups in total. The molecule has 2 heterocycles. The molecule has 1 aliphatic rings. The van der Waals surface area contributed by atoms with Crippen LogP contribution in [-0.2, 0) is 11.3 Å². The van der Waals surface area contributed by atoms with Gasteiger partial charge in [0.2, 0.25) is 5.91 Å². The second kappa shape index (κ2) is 6.59. The van der Waals surface area contributed by atoms with Crippen molar-refractivity contribution in [2.45, 2.75) is 25.4 Å². The number of hydrogen-bond donors (Lipinski definition) is 2. The van der Waals surface area contributed by atoms with E-state index in [1.54, 1.807) is 11.3 Å². The Labute approximate surface area is 114 Å². The van der Waals surface area contributed by atoms with Crippen LogP contribution in [0.1, 0.15) is 18.4 Å². The maximum absolute atomic E-state index is 11.6. The average molecular weight is 326 g/mol. The minimum atomic E-state index is 0. The van der Waals surface area contributed by atoms with Crippen LogP contribution < -0.4 is 10.6 Å². The highest BCUT2D eigenvalue weighted by molar-refractivity contribution is 9.11. The molecule has 0 aromatic carbocycles. The predicted molar refractivity (Wildman–Crippen MR) is 72.1 cm³/mol. The van der Waals surface area contributed by atoms with E-state index in [4.69, 9.17) is 0 Å². The number of nitrogens with one attached hydrogen (secondary N) is 2. The van der Waals surface area contributed by atoms with E-state index in [0.717, 1.165) is 28.7 Å². The summed E-state index contributed by atoms with van der Waals surface area (Å²) in [7, 11) is 0. The molecule has 6 heteroatoms. The monoisotopic (exact) mass is 324 g/mol. The molecule has 1 fully saturated rings. The average Bonchev–Trinajstić information content (AvgIpc) is 2.84. The van der Waals surface area contributed by atoms with Gasteiger partial charge in [-0.05, 0) is 52.3 Å². The number of thiophene rings is 1. The summed E-state index contributed by atoms with van der Waals surface area (Å²) in [5.74, 6) is 0.120. The lowest BCUT2D eigenvalue weighted by molar-refractivity contribution is -0.122. The maximum Gasteiger partial charge on any atom is 0.237 e. The highest BCUT2D eigenvalue weighted by Gasteiger charge is 2.21. The third-order valence-corrected chi connectivity index (χ3v) is 4.02. The molecule has 0 saturated carbocycles. The van der Waals surface area contributed by atoms with Crippen molar-refractivity contribution in [3.05, 3.63) is 20.8 Å². The van der Waals surface area contributed by atoms with Crippen LogP contribution >= 0.6 is 39.7 Å². The summed E-state index contributed by atoms with van der Waals surface area (Å²) >= 11 is 5.04. The fourth-order valence-electron chi connectivity index (χ4n) is 1.66. The van der Waals surface area contributed by atoms with Gasteiger partial charge in [-0.2, -0.15) is 0 Å². The van der Waals surface area contributed by atoms with Crippen LogP contribution in [0.4, 0.5) is 0 Å². The summed E-state index contributed by atoms with van der Waals surface area (Å²) in [5.41, 5.74) is 1.15. The highest BCUT2D eigenvalue weighted by Crippen LogP contribution is 2.20. The van der Waals surface area contributed by atoms with Crippen LogP contribution in [0.5, 0.6) is 0 Å². The van der Waals surface area contributed by atoms with E-state index in [-0.39, 0.29) is 24.4 Å². The number of carbonyl (C=O) groups excluding carboxylic acids is 1. The Balaban J connectivity index is 0.00000128. The van der Waals surface area contributed by atoms with Crippen LogP contribution in [0.2, 0.25) is 0 Å². The van der Waals surface area contributed by atoms with Gasteiger partial charge in [0.05, 0.1) is 9.83 Å². The molecule has 0 unspecified atom stereocenters. The topological polar surface area (TPSA) is 41.1 Å². The van der Waals surface area contributed by atoms with Gasteiger partial charge < -0.3 is 10.6 Å². The fourth-order valence-corrected chi connectivity index (χ4v) is 2.87. The van der Waals surface area contributed by atoms with Gasteiger partial charge in [0.1, 0.15) is 0 Å². The number of hydrogen-bond acceptors (Lipinski definition) is 3. The molecule has 90 valence electrons. The molecular weight excluding hydrogens is 312 g/mol. The van der Waals surface area contributed by atoms with Crippen molar-refractivity contribution in [3.63, 3.8) is 0 Å². The van der Waals surface area contributed by atoms with E-state index >= 15 is 0 Å². The molecule has 1 aliphatic heterocycles. The molecule has 0 aliphatic carbocycles. The molecule has 16 heavy (non-hydrogen) atoms. The summed E-state index contributed by atoms with van der Waals surface area (Å²) in [4.78, 5) is 11.6. The van der Waals surface area contributed by atoms with Gasteiger partial charge in [-0.1, -0.05) is 0 Å². The Morgan fingerprint density at radius 1 is 1.69 bits per heavy atom. The van der Waals surface area contributed by atoms with Crippen molar-refractivity contribution >= 4 is 45.6 Å². The van der Waals surface area contributed by atoms with Gasteiger partial charge in [-0.25, -0.2) is 0 Å². The second-order valence-corrected chi connectivity index (χ2v) is 5.92. The highest BCUT2D eigenvalue weighted by atomic mass is 79.9. The first-order chi connectivity index (χ1) is 7.25. The van der Waals surface area contributed by atoms with Crippen LogP contribution in [0.3, 0.4) is 0 Å². The first-order valence-corrected chi connectivity index (χ1v) is 6.67. The molecule has 1 atom stereocenters. The molecule has 1 saturated heterocycles. The normalized spacial score (nSPS) is 19.2. The Hall–Kier alpha value is -0.100. The molecule has 0 spiro atoms. The third kappa shape index (κ3) is 3.73. The number of rotatable bonds is 3. The first kappa shape index (κ1) is 14.0. The first-order valence-electron chi connectivity index (χ1n) is 5.00. The Bertz CT molecular complexity index is 352. The van der Waals surface area contributed by atoms with Gasteiger partial charge in [0.15, 0.2) is 0 Å². The second-order valence-electron chi connectivity index (χ2n) is 3.63. The maximum atomic E-state index is 11.6. The number of carbonyl (C=O) groups is 1. The fraction of sp³-hybridized carbons (Fsp3) is 0.500. The minimum Gasteiger partial charge on any atom is -0.351 e. The van der Waals surface area contributed by atoms with E-state index in [2.05, 4.69) is 26.6 Å². The number of amides is 1. The van der Waals surface area contributed by atoms with Gasteiger partial charge in [0, 0.05) is 6.54 Å². The van der Waals surface area contributed by atoms with Crippen molar-refractivity contribution in [1.82, 2.24) is 10.6 Å². The SMILES string of the molecule is Cl.O=C(NCc1csc(Br)c1)[C@@H]1CCCN1. The molecule has 0 bridgehead atoms. The molecule has 1 amide bonds. The summed E-state index contributed by atoms with van der Waals surface area (Å²) in [5, 5.41) is 8.17. The molecule has 1 aromatic rings. The zero-order chi connectivity index (χ0) is 10.7. The van der Waals surface area contributed by atoms with Crippen molar-refractivity contribution < 1.29 is 4.79 Å².